The highest BCUT2D eigenvalue weighted by atomic mass is 32.1. The van der Waals surface area contributed by atoms with Crippen molar-refractivity contribution in [3.8, 4) is 0 Å². The number of aromatic nitrogens is 2. The molecule has 0 aliphatic carbocycles. The van der Waals surface area contributed by atoms with Crippen molar-refractivity contribution in [2.24, 2.45) is 5.10 Å². The van der Waals surface area contributed by atoms with E-state index in [0.29, 0.717) is 29.7 Å². The monoisotopic (exact) mass is 463 g/mol. The topological polar surface area (TPSA) is 81.7 Å². The predicted molar refractivity (Wildman–Crippen MR) is 128 cm³/mol. The van der Waals surface area contributed by atoms with Crippen LogP contribution in [0, 0.1) is 0 Å². The minimum atomic E-state index is -0.173. The summed E-state index contributed by atoms with van der Waals surface area (Å²) in [6.45, 7) is 0.518. The zero-order valence-corrected chi connectivity index (χ0v) is 19.0. The van der Waals surface area contributed by atoms with Crippen LogP contribution in [0.4, 0.5) is 0 Å². The van der Waals surface area contributed by atoms with Gasteiger partial charge in [-0.25, -0.2) is 9.99 Å². The number of nitrogens with zero attached hydrogens (tertiary/aromatic N) is 4. The van der Waals surface area contributed by atoms with E-state index in [1.54, 1.807) is 33.7 Å². The van der Waals surface area contributed by atoms with Gasteiger partial charge in [0.05, 0.1) is 40.6 Å². The molecule has 0 radical (unpaired) electrons. The molecule has 0 saturated heterocycles. The van der Waals surface area contributed by atoms with Gasteiger partial charge in [0.1, 0.15) is 5.82 Å². The maximum Gasteiger partial charge on any atom is 0.258 e. The molecule has 1 aromatic carbocycles. The normalized spacial score (nSPS) is 16.1. The van der Waals surface area contributed by atoms with Crippen molar-refractivity contribution in [2.45, 2.75) is 19.0 Å². The number of thiophene rings is 2. The summed E-state index contributed by atoms with van der Waals surface area (Å²) >= 11 is 3.27. The minimum absolute atomic E-state index is 0.0828. The van der Waals surface area contributed by atoms with E-state index in [9.17, 15) is 9.59 Å². The van der Waals surface area contributed by atoms with E-state index in [-0.39, 0.29) is 24.1 Å². The van der Waals surface area contributed by atoms with Gasteiger partial charge in [-0.05, 0) is 42.1 Å². The first-order valence-corrected chi connectivity index (χ1v) is 12.0. The minimum Gasteiger partial charge on any atom is -0.309 e. The van der Waals surface area contributed by atoms with Gasteiger partial charge >= 0.3 is 0 Å². The number of amides is 1. The number of carbonyl (C=O) groups is 1. The Labute approximate surface area is 192 Å². The number of fused-ring (bicyclic) bond motifs is 1. The Kier molecular flexibility index (Phi) is 5.69. The van der Waals surface area contributed by atoms with Crippen molar-refractivity contribution < 1.29 is 4.79 Å². The van der Waals surface area contributed by atoms with Gasteiger partial charge in [-0.15, -0.1) is 22.7 Å². The van der Waals surface area contributed by atoms with Crippen molar-refractivity contribution in [3.63, 3.8) is 0 Å². The standard InChI is InChI=1S/C23H21N5O2S2/c1-27(13-21-24-16-7-3-2-6-15(16)23(30)25-21)14-22(29)28-18(20-9-5-11-32-20)12-17(26-28)19-8-4-10-31-19/h2-11,18H,12-14H2,1H3,(H,24,25,30). The van der Waals surface area contributed by atoms with E-state index in [0.717, 1.165) is 15.5 Å². The van der Waals surface area contributed by atoms with Gasteiger partial charge < -0.3 is 4.98 Å². The highest BCUT2D eigenvalue weighted by molar-refractivity contribution is 7.12. The molecule has 1 amide bonds. The van der Waals surface area contributed by atoms with E-state index in [2.05, 4.69) is 16.0 Å². The zero-order chi connectivity index (χ0) is 22.1. The molecule has 1 unspecified atom stereocenters. The number of hydrogen-bond donors (Lipinski definition) is 1. The lowest BCUT2D eigenvalue weighted by Gasteiger charge is -2.23. The SMILES string of the molecule is CN(CC(=O)N1N=C(c2cccs2)CC1c1cccs1)Cc1nc2ccccc2c(=O)[nH]1. The van der Waals surface area contributed by atoms with Gasteiger partial charge in [0, 0.05) is 11.3 Å². The Morgan fingerprint density at radius 1 is 1.16 bits per heavy atom. The second-order valence-electron chi connectivity index (χ2n) is 7.70. The molecule has 0 fully saturated rings. The molecule has 32 heavy (non-hydrogen) atoms. The maximum atomic E-state index is 13.2. The third-order valence-electron chi connectivity index (χ3n) is 5.33. The van der Waals surface area contributed by atoms with Crippen LogP contribution in [0.3, 0.4) is 0 Å². The number of H-pyrrole nitrogens is 1. The average Bonchev–Trinajstić information content (AvgIpc) is 3.54. The number of carbonyl (C=O) groups excluding carboxylic acids is 1. The first kappa shape index (κ1) is 20.7. The van der Waals surface area contributed by atoms with Crippen molar-refractivity contribution in [1.82, 2.24) is 19.9 Å². The Morgan fingerprint density at radius 3 is 2.75 bits per heavy atom. The van der Waals surface area contributed by atoms with Crippen molar-refractivity contribution in [2.75, 3.05) is 13.6 Å². The van der Waals surface area contributed by atoms with E-state index in [1.807, 2.05) is 59.1 Å². The molecule has 0 saturated carbocycles. The fourth-order valence-corrected chi connectivity index (χ4v) is 5.39. The number of aromatic amines is 1. The molecule has 162 valence electrons. The van der Waals surface area contributed by atoms with Gasteiger partial charge in [0.2, 0.25) is 0 Å². The quantitative estimate of drug-likeness (QED) is 0.471. The van der Waals surface area contributed by atoms with Crippen LogP contribution in [0.2, 0.25) is 0 Å². The van der Waals surface area contributed by atoms with Crippen LogP contribution in [0.5, 0.6) is 0 Å². The summed E-state index contributed by atoms with van der Waals surface area (Å²) in [5, 5.41) is 10.9. The second kappa shape index (κ2) is 8.78. The van der Waals surface area contributed by atoms with Gasteiger partial charge in [-0.2, -0.15) is 5.10 Å². The second-order valence-corrected chi connectivity index (χ2v) is 9.63. The lowest BCUT2D eigenvalue weighted by atomic mass is 10.1. The maximum absolute atomic E-state index is 13.2. The van der Waals surface area contributed by atoms with E-state index in [1.165, 1.54) is 0 Å². The molecule has 0 bridgehead atoms. The number of para-hydroxylation sites is 1. The highest BCUT2D eigenvalue weighted by Crippen LogP contribution is 2.35. The Hall–Kier alpha value is -3.14. The third-order valence-corrected chi connectivity index (χ3v) is 7.22. The summed E-state index contributed by atoms with van der Waals surface area (Å²) < 4.78 is 0. The molecular formula is C23H21N5O2S2. The van der Waals surface area contributed by atoms with Crippen molar-refractivity contribution >= 4 is 45.2 Å². The van der Waals surface area contributed by atoms with Gasteiger partial charge in [-0.3, -0.25) is 14.5 Å². The first-order chi connectivity index (χ1) is 15.6. The molecule has 0 spiro atoms. The van der Waals surface area contributed by atoms with Crippen LogP contribution in [0.25, 0.3) is 10.9 Å². The Balaban J connectivity index is 1.34. The molecule has 9 heteroatoms. The predicted octanol–water partition coefficient (Wildman–Crippen LogP) is 3.86. The van der Waals surface area contributed by atoms with E-state index < -0.39 is 0 Å². The molecule has 1 aliphatic rings. The summed E-state index contributed by atoms with van der Waals surface area (Å²) in [7, 11) is 1.84. The van der Waals surface area contributed by atoms with Crippen LogP contribution in [-0.4, -0.2) is 45.1 Å². The summed E-state index contributed by atoms with van der Waals surface area (Å²) in [5.74, 6) is 0.448. The number of likely N-dealkylation sites (N-methyl/N-ethyl adjacent to an activating group) is 1. The Bertz CT molecular complexity index is 1330. The largest absolute Gasteiger partial charge is 0.309 e. The summed E-state index contributed by atoms with van der Waals surface area (Å²) in [6.07, 6.45) is 0.704. The molecule has 4 aromatic rings. The molecule has 1 aliphatic heterocycles. The lowest BCUT2D eigenvalue weighted by molar-refractivity contribution is -0.134. The van der Waals surface area contributed by atoms with Crippen LogP contribution < -0.4 is 5.56 Å². The number of hydrazone groups is 1. The molecule has 4 heterocycles. The molecule has 7 nitrogen and oxygen atoms in total. The van der Waals surface area contributed by atoms with Crippen molar-refractivity contribution in [3.05, 3.63) is 85.2 Å². The zero-order valence-electron chi connectivity index (χ0n) is 17.4. The highest BCUT2D eigenvalue weighted by Gasteiger charge is 2.34. The van der Waals surface area contributed by atoms with Crippen LogP contribution in [0.15, 0.2) is 69.2 Å². The van der Waals surface area contributed by atoms with Crippen LogP contribution >= 0.6 is 22.7 Å². The molecule has 3 aromatic heterocycles. The number of hydrogen-bond acceptors (Lipinski definition) is 7. The smallest absolute Gasteiger partial charge is 0.258 e. The lowest BCUT2D eigenvalue weighted by Crippen LogP contribution is -2.36. The molecule has 1 atom stereocenters. The summed E-state index contributed by atoms with van der Waals surface area (Å²) in [4.78, 5) is 37.0. The molecule has 1 N–H and O–H groups in total. The van der Waals surface area contributed by atoms with Gasteiger partial charge in [-0.1, -0.05) is 24.3 Å². The fourth-order valence-electron chi connectivity index (χ4n) is 3.86. The van der Waals surface area contributed by atoms with Crippen LogP contribution in [0.1, 0.15) is 28.0 Å². The van der Waals surface area contributed by atoms with Gasteiger partial charge in [0.25, 0.3) is 11.5 Å². The fraction of sp³-hybridized carbons (Fsp3) is 0.217. The van der Waals surface area contributed by atoms with Crippen LogP contribution in [-0.2, 0) is 11.3 Å². The summed E-state index contributed by atoms with van der Waals surface area (Å²) in [5.41, 5.74) is 1.41. The average molecular weight is 464 g/mol. The van der Waals surface area contributed by atoms with E-state index >= 15 is 0 Å². The third kappa shape index (κ3) is 4.14. The number of benzene rings is 1. The Morgan fingerprint density at radius 2 is 1.97 bits per heavy atom. The molecular weight excluding hydrogens is 442 g/mol. The van der Waals surface area contributed by atoms with Gasteiger partial charge in [0.15, 0.2) is 0 Å². The van der Waals surface area contributed by atoms with E-state index in [4.69, 9.17) is 5.10 Å². The van der Waals surface area contributed by atoms with Crippen molar-refractivity contribution in [1.29, 1.82) is 0 Å². The first-order valence-electron chi connectivity index (χ1n) is 10.2. The molecule has 5 rings (SSSR count). The number of rotatable bonds is 6. The number of nitrogens with one attached hydrogen (secondary N) is 1. The summed E-state index contributed by atoms with van der Waals surface area (Å²) in [6, 6.07) is 15.2.